The van der Waals surface area contributed by atoms with Crippen molar-refractivity contribution in [2.75, 3.05) is 0 Å². The first-order chi connectivity index (χ1) is 2.89. The van der Waals surface area contributed by atoms with Crippen molar-refractivity contribution >= 4 is 0 Å². The average Bonchev–Trinajstić information content (AvgIpc) is 1.86. The van der Waals surface area contributed by atoms with Gasteiger partial charge in [-0.15, -0.1) is 0 Å². The van der Waals surface area contributed by atoms with Crippen molar-refractivity contribution < 1.29 is 11.0 Å². The Bertz CT molecular complexity index is 113. The lowest BCUT2D eigenvalue weighted by molar-refractivity contribution is 0.332. The molecule has 0 aromatic carbocycles. The maximum atomic E-state index is 8.31. The van der Waals surface area contributed by atoms with Crippen LogP contribution in [0, 0.1) is 0 Å². The van der Waals surface area contributed by atoms with E-state index in [-0.39, 0.29) is 7.37 Å². The molecule has 0 aliphatic carbocycles. The van der Waals surface area contributed by atoms with Crippen LogP contribution in [0.4, 0.5) is 0 Å². The summed E-state index contributed by atoms with van der Waals surface area (Å²) in [5.41, 5.74) is 0. The molecule has 0 unspecified atom stereocenters. The topological polar surface area (TPSA) is 33.4 Å². The fraction of sp³-hybridized carbons (Fsp3) is 0. The molecule has 1 aromatic rings. The molecule has 1 N–H and O–H groups in total. The van der Waals surface area contributed by atoms with Crippen LogP contribution in [-0.4, -0.2) is 5.11 Å². The Hall–Kier alpha value is -0.920. The summed E-state index contributed by atoms with van der Waals surface area (Å²) in [5, 5.41) is 8.31. The fourth-order valence-corrected chi connectivity index (χ4v) is 0.270. The molecule has 0 saturated heterocycles. The van der Waals surface area contributed by atoms with E-state index in [0.717, 1.165) is 0 Å². The van der Waals surface area contributed by atoms with Crippen molar-refractivity contribution in [1.82, 2.24) is 0 Å². The second-order valence-corrected chi connectivity index (χ2v) is 0.951. The summed E-state index contributed by atoms with van der Waals surface area (Å²) in [5.74, 6) is -0.0324. The molecule has 0 saturated carbocycles. The van der Waals surface area contributed by atoms with Crippen molar-refractivity contribution in [3.05, 3.63) is 18.4 Å². The Labute approximate surface area is 36.5 Å². The van der Waals surface area contributed by atoms with Crippen LogP contribution in [0.15, 0.2) is 22.8 Å². The van der Waals surface area contributed by atoms with Gasteiger partial charge in [0.05, 0.1) is 6.26 Å². The Morgan fingerprint density at radius 2 is 2.67 bits per heavy atom. The molecule has 0 radical (unpaired) electrons. The highest BCUT2D eigenvalue weighted by atomic mass is 16.5. The van der Waals surface area contributed by atoms with E-state index in [1.54, 1.807) is 6.07 Å². The summed E-state index contributed by atoms with van der Waals surface area (Å²) in [7, 11) is 0. The van der Waals surface area contributed by atoms with E-state index < -0.39 is 0 Å². The lowest BCUT2D eigenvalue weighted by Gasteiger charge is -1.69. The maximum Gasteiger partial charge on any atom is 1.00 e. The zero-order chi connectivity index (χ0) is 4.41. The zero-order valence-electron chi connectivity index (χ0n) is 4.09. The van der Waals surface area contributed by atoms with E-state index >= 15 is 0 Å². The molecular formula is C4H5O2+. The molecular weight excluding hydrogens is 80.0 g/mol. The van der Waals surface area contributed by atoms with Crippen LogP contribution in [0.5, 0.6) is 5.95 Å². The second kappa shape index (κ2) is 1.05. The molecule has 32 valence electrons. The van der Waals surface area contributed by atoms with Gasteiger partial charge in [-0.05, 0) is 6.07 Å². The molecule has 0 spiro atoms. The molecule has 1 heterocycles. The first-order valence-corrected chi connectivity index (χ1v) is 1.62. The van der Waals surface area contributed by atoms with E-state index in [2.05, 4.69) is 4.42 Å². The zero-order valence-corrected chi connectivity index (χ0v) is 3.09. The maximum absolute atomic E-state index is 8.31. The summed E-state index contributed by atoms with van der Waals surface area (Å²) in [6, 6.07) is 3.09. The van der Waals surface area contributed by atoms with Gasteiger partial charge in [0.25, 0.3) is 5.95 Å². The minimum atomic E-state index is -0.0324. The first kappa shape index (κ1) is 3.28. The van der Waals surface area contributed by atoms with Crippen molar-refractivity contribution in [2.24, 2.45) is 0 Å². The minimum absolute atomic E-state index is 0. The molecule has 0 bridgehead atoms. The molecule has 2 nitrogen and oxygen atoms in total. The molecule has 0 atom stereocenters. The molecule has 6 heavy (non-hydrogen) atoms. The minimum Gasteiger partial charge on any atom is -0.481 e. The first-order valence-electron chi connectivity index (χ1n) is 1.62. The van der Waals surface area contributed by atoms with Gasteiger partial charge in [-0.25, -0.2) is 0 Å². The molecule has 1 rings (SSSR count). The predicted octanol–water partition coefficient (Wildman–Crippen LogP) is 1.10. The van der Waals surface area contributed by atoms with Crippen LogP contribution in [0.2, 0.25) is 0 Å². The molecule has 0 amide bonds. The van der Waals surface area contributed by atoms with Crippen LogP contribution < -0.4 is 0 Å². The summed E-state index contributed by atoms with van der Waals surface area (Å²) < 4.78 is 4.39. The van der Waals surface area contributed by atoms with Gasteiger partial charge in [0.2, 0.25) is 0 Å². The smallest absolute Gasteiger partial charge is 0.481 e. The van der Waals surface area contributed by atoms with Crippen molar-refractivity contribution in [3.8, 4) is 5.95 Å². The molecule has 2 heteroatoms. The van der Waals surface area contributed by atoms with Crippen molar-refractivity contribution in [1.29, 1.82) is 0 Å². The SMILES string of the molecule is Oc1ccco1.[H+]. The number of hydrogen-bond acceptors (Lipinski definition) is 2. The van der Waals surface area contributed by atoms with Gasteiger partial charge in [-0.1, -0.05) is 0 Å². The normalized spacial score (nSPS) is 8.67. The summed E-state index contributed by atoms with van der Waals surface area (Å²) >= 11 is 0. The molecule has 0 aliphatic heterocycles. The monoisotopic (exact) mass is 85.0 g/mol. The summed E-state index contributed by atoms with van der Waals surface area (Å²) in [4.78, 5) is 0. The quantitative estimate of drug-likeness (QED) is 0.511. The Balaban J connectivity index is 0.000000360. The number of rotatable bonds is 0. The third kappa shape index (κ3) is 0.360. The van der Waals surface area contributed by atoms with E-state index in [9.17, 15) is 0 Å². The predicted molar refractivity (Wildman–Crippen MR) is 21.5 cm³/mol. The van der Waals surface area contributed by atoms with Crippen LogP contribution in [0.3, 0.4) is 0 Å². The van der Waals surface area contributed by atoms with E-state index in [1.807, 2.05) is 0 Å². The molecule has 0 fully saturated rings. The van der Waals surface area contributed by atoms with E-state index in [4.69, 9.17) is 5.11 Å². The Morgan fingerprint density at radius 3 is 2.83 bits per heavy atom. The largest absolute Gasteiger partial charge is 1.00 e. The van der Waals surface area contributed by atoms with Gasteiger partial charge in [0, 0.05) is 6.07 Å². The summed E-state index contributed by atoms with van der Waals surface area (Å²) in [6.07, 6.45) is 1.41. The van der Waals surface area contributed by atoms with Gasteiger partial charge in [-0.3, -0.25) is 0 Å². The van der Waals surface area contributed by atoms with E-state index in [0.29, 0.717) is 0 Å². The third-order valence-electron chi connectivity index (χ3n) is 0.506. The van der Waals surface area contributed by atoms with Gasteiger partial charge in [-0.2, -0.15) is 0 Å². The van der Waals surface area contributed by atoms with Crippen molar-refractivity contribution in [3.63, 3.8) is 0 Å². The lowest BCUT2D eigenvalue weighted by atomic mass is 10.7. The van der Waals surface area contributed by atoms with Gasteiger partial charge in [0.15, 0.2) is 0 Å². The molecule has 1 aromatic heterocycles. The highest BCUT2D eigenvalue weighted by molar-refractivity contribution is 5.00. The summed E-state index contributed by atoms with van der Waals surface area (Å²) in [6.45, 7) is 0. The number of hydrogen-bond donors (Lipinski definition) is 1. The van der Waals surface area contributed by atoms with Crippen LogP contribution in [0.1, 0.15) is 1.43 Å². The van der Waals surface area contributed by atoms with Crippen molar-refractivity contribution in [2.45, 2.75) is 0 Å². The van der Waals surface area contributed by atoms with Gasteiger partial charge >= 0.3 is 1.43 Å². The highest BCUT2D eigenvalue weighted by Gasteiger charge is 1.79. The molecule has 0 aliphatic rings. The Kier molecular flexibility index (Phi) is 0.572. The second-order valence-electron chi connectivity index (χ2n) is 0.951. The average molecular weight is 85.1 g/mol. The number of furan rings is 1. The van der Waals surface area contributed by atoms with Gasteiger partial charge < -0.3 is 9.52 Å². The van der Waals surface area contributed by atoms with Gasteiger partial charge in [0.1, 0.15) is 0 Å². The van der Waals surface area contributed by atoms with Crippen LogP contribution in [-0.2, 0) is 0 Å². The standard InChI is InChI=1S/C4H4O2/c5-4-2-1-3-6-4/h1-3,5H/p+1. The van der Waals surface area contributed by atoms with Crippen LogP contribution >= 0.6 is 0 Å². The lowest BCUT2D eigenvalue weighted by Crippen LogP contribution is -1.40. The highest BCUT2D eigenvalue weighted by Crippen LogP contribution is 2.04. The van der Waals surface area contributed by atoms with Crippen LogP contribution in [0.25, 0.3) is 0 Å². The Morgan fingerprint density at radius 1 is 1.83 bits per heavy atom. The third-order valence-corrected chi connectivity index (χ3v) is 0.506. The number of aromatic hydroxyl groups is 1. The fourth-order valence-electron chi connectivity index (χ4n) is 0.270. The van der Waals surface area contributed by atoms with E-state index in [1.165, 1.54) is 12.3 Å².